The van der Waals surface area contributed by atoms with Gasteiger partial charge in [-0.25, -0.2) is 4.79 Å². The summed E-state index contributed by atoms with van der Waals surface area (Å²) in [6, 6.07) is 14.7. The summed E-state index contributed by atoms with van der Waals surface area (Å²) in [7, 11) is 0. The first kappa shape index (κ1) is 16.8. The second-order valence-electron chi connectivity index (χ2n) is 5.58. The number of nitrogens with zero attached hydrogens (tertiary/aromatic N) is 1. The van der Waals surface area contributed by atoms with Gasteiger partial charge in [0.1, 0.15) is 5.69 Å². The SMILES string of the molecule is CCOC(=O)c1cc(C(=O)Nc2ccccc2CC)n2ccccc12. The number of aryl methyl sites for hydroxylation is 1. The third-order valence-corrected chi connectivity index (χ3v) is 4.05. The Morgan fingerprint density at radius 2 is 1.84 bits per heavy atom. The van der Waals surface area contributed by atoms with Gasteiger partial charge in [-0.05, 0) is 43.2 Å². The maximum Gasteiger partial charge on any atom is 0.340 e. The molecule has 2 aromatic heterocycles. The van der Waals surface area contributed by atoms with Crippen LogP contribution in [0.3, 0.4) is 0 Å². The second-order valence-corrected chi connectivity index (χ2v) is 5.58. The van der Waals surface area contributed by atoms with Crippen LogP contribution < -0.4 is 5.32 Å². The molecule has 5 heteroatoms. The molecule has 1 N–H and O–H groups in total. The monoisotopic (exact) mass is 336 g/mol. The highest BCUT2D eigenvalue weighted by Crippen LogP contribution is 2.21. The summed E-state index contributed by atoms with van der Waals surface area (Å²) in [6.45, 7) is 4.08. The Balaban J connectivity index is 2.00. The highest BCUT2D eigenvalue weighted by molar-refractivity contribution is 6.08. The minimum absolute atomic E-state index is 0.266. The molecule has 0 bridgehead atoms. The molecule has 1 amide bonds. The lowest BCUT2D eigenvalue weighted by molar-refractivity contribution is 0.0529. The molecule has 3 aromatic rings. The molecule has 0 aliphatic rings. The number of para-hydroxylation sites is 1. The lowest BCUT2D eigenvalue weighted by Crippen LogP contribution is -2.15. The Kier molecular flexibility index (Phi) is 4.84. The van der Waals surface area contributed by atoms with Crippen LogP contribution in [0.2, 0.25) is 0 Å². The lowest BCUT2D eigenvalue weighted by atomic mass is 10.1. The smallest absolute Gasteiger partial charge is 0.340 e. The number of hydrogen-bond acceptors (Lipinski definition) is 3. The summed E-state index contributed by atoms with van der Waals surface area (Å²) < 4.78 is 6.80. The minimum Gasteiger partial charge on any atom is -0.462 e. The van der Waals surface area contributed by atoms with E-state index in [0.717, 1.165) is 17.7 Å². The maximum atomic E-state index is 12.8. The zero-order chi connectivity index (χ0) is 17.8. The largest absolute Gasteiger partial charge is 0.462 e. The quantitative estimate of drug-likeness (QED) is 0.718. The highest BCUT2D eigenvalue weighted by Gasteiger charge is 2.20. The van der Waals surface area contributed by atoms with E-state index in [9.17, 15) is 9.59 Å². The molecule has 0 fully saturated rings. The molecule has 0 saturated heterocycles. The zero-order valence-corrected chi connectivity index (χ0v) is 14.3. The van der Waals surface area contributed by atoms with Crippen LogP contribution >= 0.6 is 0 Å². The molecule has 25 heavy (non-hydrogen) atoms. The predicted octanol–water partition coefficient (Wildman–Crippen LogP) is 3.93. The lowest BCUT2D eigenvalue weighted by Gasteiger charge is -2.09. The molecule has 2 heterocycles. The molecule has 0 unspecified atom stereocenters. The van der Waals surface area contributed by atoms with Crippen LogP contribution in [0.4, 0.5) is 5.69 Å². The third-order valence-electron chi connectivity index (χ3n) is 4.05. The number of aromatic nitrogens is 1. The van der Waals surface area contributed by atoms with E-state index in [4.69, 9.17) is 4.74 Å². The van der Waals surface area contributed by atoms with E-state index >= 15 is 0 Å². The molecule has 0 spiro atoms. The van der Waals surface area contributed by atoms with E-state index in [1.54, 1.807) is 29.7 Å². The molecular weight excluding hydrogens is 316 g/mol. The van der Waals surface area contributed by atoms with Crippen molar-refractivity contribution in [3.05, 3.63) is 71.5 Å². The first-order valence-electron chi connectivity index (χ1n) is 8.32. The minimum atomic E-state index is -0.431. The first-order valence-corrected chi connectivity index (χ1v) is 8.32. The van der Waals surface area contributed by atoms with Crippen LogP contribution in [0.15, 0.2) is 54.7 Å². The van der Waals surface area contributed by atoms with Crippen LogP contribution in [0.1, 0.15) is 40.3 Å². The number of benzene rings is 1. The van der Waals surface area contributed by atoms with E-state index < -0.39 is 5.97 Å². The average molecular weight is 336 g/mol. The van der Waals surface area contributed by atoms with E-state index in [1.807, 2.05) is 43.3 Å². The fourth-order valence-electron chi connectivity index (χ4n) is 2.84. The maximum absolute atomic E-state index is 12.8. The molecule has 0 aliphatic heterocycles. The zero-order valence-electron chi connectivity index (χ0n) is 14.3. The number of amides is 1. The number of ether oxygens (including phenoxy) is 1. The second kappa shape index (κ2) is 7.21. The average Bonchev–Trinajstić information content (AvgIpc) is 3.02. The van der Waals surface area contributed by atoms with E-state index in [0.29, 0.717) is 16.8 Å². The number of carbonyl (C=O) groups excluding carboxylic acids is 2. The van der Waals surface area contributed by atoms with Gasteiger partial charge in [0.2, 0.25) is 0 Å². The van der Waals surface area contributed by atoms with Gasteiger partial charge in [0.15, 0.2) is 0 Å². The van der Waals surface area contributed by atoms with Crippen molar-refractivity contribution in [2.24, 2.45) is 0 Å². The fourth-order valence-corrected chi connectivity index (χ4v) is 2.84. The Labute approximate surface area is 146 Å². The van der Waals surface area contributed by atoms with Gasteiger partial charge in [-0.3, -0.25) is 4.79 Å². The highest BCUT2D eigenvalue weighted by atomic mass is 16.5. The summed E-state index contributed by atoms with van der Waals surface area (Å²) in [4.78, 5) is 25.0. The summed E-state index contributed by atoms with van der Waals surface area (Å²) >= 11 is 0. The Bertz CT molecular complexity index is 928. The van der Waals surface area contributed by atoms with Crippen LogP contribution in [0, 0.1) is 0 Å². The summed E-state index contributed by atoms with van der Waals surface area (Å²) in [6.07, 6.45) is 2.58. The number of pyridine rings is 1. The van der Waals surface area contributed by atoms with Crippen LogP contribution in [-0.4, -0.2) is 22.9 Å². The van der Waals surface area contributed by atoms with Gasteiger partial charge in [-0.2, -0.15) is 0 Å². The molecule has 0 atom stereocenters. The van der Waals surface area contributed by atoms with Crippen LogP contribution in [0.5, 0.6) is 0 Å². The van der Waals surface area contributed by atoms with Crippen molar-refractivity contribution in [1.29, 1.82) is 0 Å². The number of anilines is 1. The number of nitrogens with one attached hydrogen (secondary N) is 1. The Morgan fingerprint density at radius 3 is 2.60 bits per heavy atom. The van der Waals surface area contributed by atoms with E-state index in [-0.39, 0.29) is 12.5 Å². The van der Waals surface area contributed by atoms with Gasteiger partial charge >= 0.3 is 5.97 Å². The van der Waals surface area contributed by atoms with Crippen molar-refractivity contribution in [2.45, 2.75) is 20.3 Å². The standard InChI is InChI=1S/C20H20N2O3/c1-3-14-9-5-6-10-16(14)21-19(23)18-13-15(20(24)25-4-2)17-11-7-8-12-22(17)18/h5-13H,3-4H2,1-2H3,(H,21,23). The van der Waals surface area contributed by atoms with Crippen molar-refractivity contribution in [2.75, 3.05) is 11.9 Å². The van der Waals surface area contributed by atoms with Gasteiger partial charge in [-0.15, -0.1) is 0 Å². The number of esters is 1. The summed E-state index contributed by atoms with van der Waals surface area (Å²) in [5, 5.41) is 2.94. The number of rotatable bonds is 5. The molecule has 0 aliphatic carbocycles. The van der Waals surface area contributed by atoms with Gasteiger partial charge in [0.25, 0.3) is 5.91 Å². The molecule has 1 aromatic carbocycles. The third kappa shape index (κ3) is 3.26. The topological polar surface area (TPSA) is 59.8 Å². The summed E-state index contributed by atoms with van der Waals surface area (Å²) in [5.74, 6) is -0.697. The van der Waals surface area contributed by atoms with Crippen molar-refractivity contribution in [1.82, 2.24) is 4.40 Å². The van der Waals surface area contributed by atoms with E-state index in [1.165, 1.54) is 0 Å². The molecular formula is C20H20N2O3. The molecule has 128 valence electrons. The van der Waals surface area contributed by atoms with Crippen molar-refractivity contribution >= 4 is 23.1 Å². The molecule has 5 nitrogen and oxygen atoms in total. The number of hydrogen-bond donors (Lipinski definition) is 1. The molecule has 0 saturated carbocycles. The van der Waals surface area contributed by atoms with Gasteiger partial charge in [0.05, 0.1) is 17.7 Å². The Morgan fingerprint density at radius 1 is 1.08 bits per heavy atom. The first-order chi connectivity index (χ1) is 12.2. The molecule has 0 radical (unpaired) electrons. The Hall–Kier alpha value is -3.08. The van der Waals surface area contributed by atoms with Gasteiger partial charge in [0, 0.05) is 11.9 Å². The van der Waals surface area contributed by atoms with Gasteiger partial charge in [-0.1, -0.05) is 31.2 Å². The molecule has 3 rings (SSSR count). The van der Waals surface area contributed by atoms with Crippen molar-refractivity contribution in [3.8, 4) is 0 Å². The van der Waals surface area contributed by atoms with Crippen LogP contribution in [0.25, 0.3) is 5.52 Å². The van der Waals surface area contributed by atoms with Gasteiger partial charge < -0.3 is 14.5 Å². The fraction of sp³-hybridized carbons (Fsp3) is 0.200. The van der Waals surface area contributed by atoms with Crippen molar-refractivity contribution < 1.29 is 14.3 Å². The number of carbonyl (C=O) groups is 2. The summed E-state index contributed by atoms with van der Waals surface area (Å²) in [5.41, 5.74) is 3.26. The number of fused-ring (bicyclic) bond motifs is 1. The predicted molar refractivity (Wildman–Crippen MR) is 97.1 cm³/mol. The van der Waals surface area contributed by atoms with E-state index in [2.05, 4.69) is 5.32 Å². The normalized spacial score (nSPS) is 10.6. The van der Waals surface area contributed by atoms with Crippen molar-refractivity contribution in [3.63, 3.8) is 0 Å². The van der Waals surface area contributed by atoms with Crippen LogP contribution in [-0.2, 0) is 11.2 Å².